The Morgan fingerprint density at radius 3 is 2.43 bits per heavy atom. The van der Waals surface area contributed by atoms with Gasteiger partial charge in [-0.25, -0.2) is 18.9 Å². The summed E-state index contributed by atoms with van der Waals surface area (Å²) < 4.78 is 27.3. The lowest BCUT2D eigenvalue weighted by Gasteiger charge is -2.12. The number of thioether (sulfide) groups is 1. The molecule has 0 amide bonds. The Morgan fingerprint density at radius 1 is 1.00 bits per heavy atom. The monoisotopic (exact) mass is 518 g/mol. The first kappa shape index (κ1) is 24.1. The average molecular weight is 519 g/mol. The van der Waals surface area contributed by atoms with Crippen LogP contribution >= 0.6 is 11.8 Å². The van der Waals surface area contributed by atoms with E-state index < -0.39 is 11.4 Å². The van der Waals surface area contributed by atoms with Gasteiger partial charge in [-0.2, -0.15) is 5.10 Å². The number of aldehydes is 1. The van der Waals surface area contributed by atoms with Gasteiger partial charge >= 0.3 is 0 Å². The molecule has 2 aromatic carbocycles. The van der Waals surface area contributed by atoms with Crippen LogP contribution in [0.25, 0.3) is 11.3 Å². The van der Waals surface area contributed by atoms with Crippen molar-refractivity contribution in [3.05, 3.63) is 100.0 Å². The van der Waals surface area contributed by atoms with Crippen LogP contribution in [0.1, 0.15) is 21.5 Å². The van der Waals surface area contributed by atoms with Gasteiger partial charge in [0.05, 0.1) is 25.7 Å². The summed E-state index contributed by atoms with van der Waals surface area (Å²) in [6, 6.07) is 14.4. The van der Waals surface area contributed by atoms with Crippen molar-refractivity contribution in [3.8, 4) is 17.4 Å². The molecule has 0 fully saturated rings. The number of hydrogen-bond donors (Lipinski definition) is 0. The summed E-state index contributed by atoms with van der Waals surface area (Å²) in [4.78, 5) is 32.7. The summed E-state index contributed by atoms with van der Waals surface area (Å²) in [5.41, 5.74) is 1.39. The second kappa shape index (κ2) is 10.6. The highest BCUT2D eigenvalue weighted by Gasteiger charge is 2.19. The van der Waals surface area contributed by atoms with E-state index in [1.807, 2.05) is 24.3 Å². The van der Waals surface area contributed by atoms with Gasteiger partial charge in [-0.3, -0.25) is 9.59 Å². The van der Waals surface area contributed by atoms with Crippen molar-refractivity contribution in [2.24, 2.45) is 0 Å². The Bertz CT molecular complexity index is 1600. The average Bonchev–Trinajstić information content (AvgIpc) is 3.32. The quantitative estimate of drug-likeness (QED) is 0.214. The van der Waals surface area contributed by atoms with E-state index in [1.165, 1.54) is 28.7 Å². The van der Waals surface area contributed by atoms with Crippen molar-refractivity contribution in [3.63, 3.8) is 0 Å². The summed E-state index contributed by atoms with van der Waals surface area (Å²) >= 11 is 1.23. The molecule has 0 unspecified atom stereocenters. The van der Waals surface area contributed by atoms with Crippen LogP contribution in [-0.4, -0.2) is 42.8 Å². The summed E-state index contributed by atoms with van der Waals surface area (Å²) in [7, 11) is 1.60. The summed E-state index contributed by atoms with van der Waals surface area (Å²) in [5.74, 6) is 0.778. The molecule has 0 aliphatic carbocycles. The van der Waals surface area contributed by atoms with E-state index in [9.17, 15) is 14.0 Å². The van der Waals surface area contributed by atoms with Crippen LogP contribution in [-0.2, 0) is 12.4 Å². The number of ether oxygens (including phenoxy) is 2. The van der Waals surface area contributed by atoms with Gasteiger partial charge in [-0.15, -0.1) is 9.73 Å². The molecular weight excluding hydrogens is 499 g/mol. The zero-order chi connectivity index (χ0) is 25.8. The Labute approximate surface area is 213 Å². The molecule has 5 aromatic rings. The summed E-state index contributed by atoms with van der Waals surface area (Å²) in [5, 5.41) is 8.39. The van der Waals surface area contributed by atoms with Gasteiger partial charge in [0.25, 0.3) is 5.56 Å². The van der Waals surface area contributed by atoms with Gasteiger partial charge in [0.15, 0.2) is 22.3 Å². The van der Waals surface area contributed by atoms with E-state index in [1.54, 1.807) is 31.4 Å². The first-order valence-electron chi connectivity index (χ1n) is 11.0. The molecular formula is C25H19FN6O4S. The largest absolute Gasteiger partial charge is 0.497 e. The molecule has 12 heteroatoms. The van der Waals surface area contributed by atoms with Gasteiger partial charge in [0, 0.05) is 11.3 Å². The molecule has 3 heterocycles. The maximum atomic E-state index is 14.3. The van der Waals surface area contributed by atoms with Gasteiger partial charge in [-0.05, 0) is 23.3 Å². The first-order chi connectivity index (χ1) is 18.1. The normalized spacial score (nSPS) is 11.0. The second-order valence-electron chi connectivity index (χ2n) is 7.75. The van der Waals surface area contributed by atoms with Crippen LogP contribution in [0.3, 0.4) is 0 Å². The predicted molar refractivity (Wildman–Crippen MR) is 133 cm³/mol. The van der Waals surface area contributed by atoms with Gasteiger partial charge in [0.2, 0.25) is 5.88 Å². The van der Waals surface area contributed by atoms with E-state index in [2.05, 4.69) is 20.2 Å². The Morgan fingerprint density at radius 2 is 1.76 bits per heavy atom. The molecule has 0 radical (unpaired) electrons. The highest BCUT2D eigenvalue weighted by Crippen LogP contribution is 2.23. The maximum Gasteiger partial charge on any atom is 0.289 e. The summed E-state index contributed by atoms with van der Waals surface area (Å²) in [6.45, 7) is 0.260. The molecule has 10 nitrogen and oxygen atoms in total. The predicted octanol–water partition coefficient (Wildman–Crippen LogP) is 3.50. The van der Waals surface area contributed by atoms with Gasteiger partial charge in [-0.1, -0.05) is 48.2 Å². The lowest BCUT2D eigenvalue weighted by molar-refractivity contribution is 0.112. The maximum absolute atomic E-state index is 14.3. The molecule has 0 bridgehead atoms. The number of methoxy groups -OCH3 is 1. The van der Waals surface area contributed by atoms with Crippen LogP contribution in [0.5, 0.6) is 11.6 Å². The number of carbonyl (C=O) groups is 1. The molecule has 186 valence electrons. The fraction of sp³-hybridized carbons (Fsp3) is 0.120. The number of aromatic nitrogens is 6. The third kappa shape index (κ3) is 5.19. The minimum atomic E-state index is -0.792. The van der Waals surface area contributed by atoms with E-state index in [4.69, 9.17) is 9.47 Å². The van der Waals surface area contributed by atoms with Crippen molar-refractivity contribution in [1.29, 1.82) is 0 Å². The minimum absolute atomic E-state index is 0.149. The molecule has 0 aliphatic rings. The number of carbonyl (C=O) groups excluding carboxylic acids is 1. The fourth-order valence-electron chi connectivity index (χ4n) is 3.42. The van der Waals surface area contributed by atoms with Crippen LogP contribution < -0.4 is 15.0 Å². The summed E-state index contributed by atoms with van der Waals surface area (Å²) in [6.07, 6.45) is 4.44. The molecule has 0 spiro atoms. The molecule has 0 saturated heterocycles. The standard InChI is InChI=1S/C25H19FN6O4S/c1-35-19-8-6-17(7-9-19)14-36-22-12-27-21(11-28-22)31-24(34)23-20(26)10-29-32(23)30-25(31)37-15-18-4-2-16(13-33)3-5-18/h2-13H,14-15H2,1H3. The fourth-order valence-corrected chi connectivity index (χ4v) is 4.34. The lowest BCUT2D eigenvalue weighted by Crippen LogP contribution is -2.26. The zero-order valence-electron chi connectivity index (χ0n) is 19.4. The zero-order valence-corrected chi connectivity index (χ0v) is 20.3. The van der Waals surface area contributed by atoms with Crippen LogP contribution in [0.4, 0.5) is 4.39 Å². The van der Waals surface area contributed by atoms with Crippen molar-refractivity contribution in [2.75, 3.05) is 7.11 Å². The van der Waals surface area contributed by atoms with Gasteiger partial charge < -0.3 is 9.47 Å². The van der Waals surface area contributed by atoms with Crippen LogP contribution in [0.15, 0.2) is 77.1 Å². The number of hydrogen-bond acceptors (Lipinski definition) is 9. The van der Waals surface area contributed by atoms with Crippen LogP contribution in [0, 0.1) is 5.82 Å². The highest BCUT2D eigenvalue weighted by atomic mass is 32.2. The third-order valence-electron chi connectivity index (χ3n) is 5.36. The molecule has 0 aliphatic heterocycles. The molecule has 3 aromatic heterocycles. The van der Waals surface area contributed by atoms with E-state index in [-0.39, 0.29) is 29.0 Å². The van der Waals surface area contributed by atoms with E-state index in [0.29, 0.717) is 11.3 Å². The van der Waals surface area contributed by atoms with Gasteiger partial charge in [0.1, 0.15) is 18.6 Å². The Hall–Kier alpha value is -4.58. The molecule has 37 heavy (non-hydrogen) atoms. The Kier molecular flexibility index (Phi) is 6.90. The van der Waals surface area contributed by atoms with E-state index >= 15 is 0 Å². The highest BCUT2D eigenvalue weighted by molar-refractivity contribution is 7.98. The minimum Gasteiger partial charge on any atom is -0.497 e. The van der Waals surface area contributed by atoms with Crippen molar-refractivity contribution < 1.29 is 18.7 Å². The topological polar surface area (TPSA) is 114 Å². The molecule has 0 saturated carbocycles. The number of fused-ring (bicyclic) bond motifs is 1. The molecule has 0 atom stereocenters. The number of halogens is 1. The second-order valence-corrected chi connectivity index (χ2v) is 8.69. The van der Waals surface area contributed by atoms with E-state index in [0.717, 1.165) is 34.0 Å². The Balaban J connectivity index is 1.41. The lowest BCUT2D eigenvalue weighted by atomic mass is 10.2. The van der Waals surface area contributed by atoms with Crippen molar-refractivity contribution in [1.82, 2.24) is 29.4 Å². The smallest absolute Gasteiger partial charge is 0.289 e. The van der Waals surface area contributed by atoms with Crippen LogP contribution in [0.2, 0.25) is 0 Å². The molecule has 5 rings (SSSR count). The number of benzene rings is 2. The third-order valence-corrected chi connectivity index (χ3v) is 6.36. The number of rotatable bonds is 9. The molecule has 0 N–H and O–H groups in total. The SMILES string of the molecule is COc1ccc(COc2cnc(-n3c(SCc4ccc(C=O)cc4)nn4ncc(F)c4c3=O)cn2)cc1. The first-order valence-corrected chi connectivity index (χ1v) is 12.0. The number of nitrogens with zero attached hydrogens (tertiary/aromatic N) is 6. The van der Waals surface area contributed by atoms with Crippen molar-refractivity contribution >= 4 is 23.6 Å². The van der Waals surface area contributed by atoms with Crippen molar-refractivity contribution in [2.45, 2.75) is 17.5 Å².